The van der Waals surface area contributed by atoms with E-state index in [1.54, 1.807) is 31.2 Å². The van der Waals surface area contributed by atoms with E-state index in [1.165, 1.54) is 12.1 Å². The fourth-order valence-electron chi connectivity index (χ4n) is 1.65. The Bertz CT molecular complexity index is 643. The van der Waals surface area contributed by atoms with Gasteiger partial charge in [0.25, 0.3) is 0 Å². The Morgan fingerprint density at radius 1 is 1.24 bits per heavy atom. The molecule has 0 aliphatic carbocycles. The highest BCUT2D eigenvalue weighted by Gasteiger charge is 2.10. The van der Waals surface area contributed by atoms with Gasteiger partial charge in [0.15, 0.2) is 0 Å². The maximum absolute atomic E-state index is 11.6. The van der Waals surface area contributed by atoms with E-state index in [9.17, 15) is 9.59 Å². The average molecular weight is 290 g/mol. The lowest BCUT2D eigenvalue weighted by molar-refractivity contribution is 0.0525. The van der Waals surface area contributed by atoms with Crippen molar-refractivity contribution in [3.63, 3.8) is 0 Å². The molecule has 0 aliphatic rings. The first-order chi connectivity index (χ1) is 10.1. The van der Waals surface area contributed by atoms with E-state index in [2.05, 4.69) is 0 Å². The molecular formula is C15H14O6. The number of benzene rings is 1. The first-order valence-corrected chi connectivity index (χ1v) is 6.32. The van der Waals surface area contributed by atoms with E-state index in [0.717, 1.165) is 0 Å². The van der Waals surface area contributed by atoms with Gasteiger partial charge in [-0.25, -0.2) is 9.59 Å². The number of hydrogen-bond acceptors (Lipinski definition) is 5. The van der Waals surface area contributed by atoms with Gasteiger partial charge in [-0.3, -0.25) is 0 Å². The van der Waals surface area contributed by atoms with Gasteiger partial charge in [0.1, 0.15) is 18.1 Å². The molecule has 0 saturated carbocycles. The lowest BCUT2D eigenvalue weighted by Gasteiger charge is -2.06. The molecule has 0 bridgehead atoms. The Hall–Kier alpha value is -2.76. The van der Waals surface area contributed by atoms with Crippen LogP contribution in [-0.4, -0.2) is 23.7 Å². The van der Waals surface area contributed by atoms with Crippen molar-refractivity contribution >= 4 is 11.9 Å². The van der Waals surface area contributed by atoms with Crippen molar-refractivity contribution in [2.24, 2.45) is 0 Å². The molecule has 1 N–H and O–H groups in total. The van der Waals surface area contributed by atoms with Crippen LogP contribution < -0.4 is 4.74 Å². The molecule has 2 rings (SSSR count). The second-order valence-corrected chi connectivity index (χ2v) is 4.11. The normalized spacial score (nSPS) is 10.1. The summed E-state index contributed by atoms with van der Waals surface area (Å²) in [6, 6.07) is 9.42. The quantitative estimate of drug-likeness (QED) is 0.823. The maximum Gasteiger partial charge on any atom is 0.371 e. The summed E-state index contributed by atoms with van der Waals surface area (Å²) < 4.78 is 15.4. The highest BCUT2D eigenvalue weighted by molar-refractivity contribution is 5.89. The topological polar surface area (TPSA) is 86.0 Å². The molecule has 0 radical (unpaired) electrons. The molecule has 0 saturated heterocycles. The Kier molecular flexibility index (Phi) is 4.61. The van der Waals surface area contributed by atoms with Crippen LogP contribution in [0.5, 0.6) is 5.75 Å². The fourth-order valence-corrected chi connectivity index (χ4v) is 1.65. The second-order valence-electron chi connectivity index (χ2n) is 4.11. The van der Waals surface area contributed by atoms with Gasteiger partial charge in [0.2, 0.25) is 5.76 Å². The molecule has 6 nitrogen and oxygen atoms in total. The monoisotopic (exact) mass is 290 g/mol. The lowest BCUT2D eigenvalue weighted by atomic mass is 10.2. The second kappa shape index (κ2) is 6.60. The summed E-state index contributed by atoms with van der Waals surface area (Å²) in [5.74, 6) is -0.851. The van der Waals surface area contributed by atoms with Crippen LogP contribution in [0, 0.1) is 0 Å². The molecule has 1 heterocycles. The highest BCUT2D eigenvalue weighted by atomic mass is 16.5. The van der Waals surface area contributed by atoms with E-state index in [1.807, 2.05) is 0 Å². The van der Waals surface area contributed by atoms with Gasteiger partial charge >= 0.3 is 11.9 Å². The summed E-state index contributed by atoms with van der Waals surface area (Å²) in [6.45, 7) is 2.10. The van der Waals surface area contributed by atoms with Gasteiger partial charge in [-0.05, 0) is 37.3 Å². The van der Waals surface area contributed by atoms with E-state index < -0.39 is 11.9 Å². The zero-order valence-electron chi connectivity index (χ0n) is 11.4. The molecule has 21 heavy (non-hydrogen) atoms. The van der Waals surface area contributed by atoms with Crippen LogP contribution >= 0.6 is 0 Å². The molecule has 1 aromatic carbocycles. The molecule has 0 unspecified atom stereocenters. The van der Waals surface area contributed by atoms with Crippen molar-refractivity contribution in [2.45, 2.75) is 13.5 Å². The smallest absolute Gasteiger partial charge is 0.371 e. The molecule has 0 fully saturated rings. The third-order valence-electron chi connectivity index (χ3n) is 2.60. The van der Waals surface area contributed by atoms with Gasteiger partial charge in [0.05, 0.1) is 12.2 Å². The molecule has 0 spiro atoms. The number of hydrogen-bond donors (Lipinski definition) is 1. The summed E-state index contributed by atoms with van der Waals surface area (Å²) in [4.78, 5) is 22.3. The van der Waals surface area contributed by atoms with Gasteiger partial charge in [-0.15, -0.1) is 0 Å². The summed E-state index contributed by atoms with van der Waals surface area (Å²) in [6.07, 6.45) is 0. The van der Waals surface area contributed by atoms with Crippen LogP contribution in [0.4, 0.5) is 0 Å². The van der Waals surface area contributed by atoms with Crippen LogP contribution in [0.25, 0.3) is 0 Å². The average Bonchev–Trinajstić information content (AvgIpc) is 2.95. The number of ether oxygens (including phenoxy) is 2. The summed E-state index contributed by atoms with van der Waals surface area (Å²) in [7, 11) is 0. The number of carboxylic acids is 1. The molecule has 0 aliphatic heterocycles. The van der Waals surface area contributed by atoms with E-state index in [-0.39, 0.29) is 12.4 Å². The number of furan rings is 1. The third kappa shape index (κ3) is 3.85. The molecule has 110 valence electrons. The minimum atomic E-state index is -1.13. The van der Waals surface area contributed by atoms with Crippen LogP contribution in [0.3, 0.4) is 0 Å². The van der Waals surface area contributed by atoms with E-state index >= 15 is 0 Å². The number of esters is 1. The van der Waals surface area contributed by atoms with Crippen molar-refractivity contribution in [2.75, 3.05) is 6.61 Å². The predicted molar refractivity (Wildman–Crippen MR) is 72.4 cm³/mol. The van der Waals surface area contributed by atoms with Gasteiger partial charge in [0, 0.05) is 0 Å². The molecular weight excluding hydrogens is 276 g/mol. The van der Waals surface area contributed by atoms with Gasteiger partial charge < -0.3 is 19.0 Å². The van der Waals surface area contributed by atoms with Crippen molar-refractivity contribution in [1.29, 1.82) is 0 Å². The van der Waals surface area contributed by atoms with Crippen molar-refractivity contribution in [3.8, 4) is 5.75 Å². The van der Waals surface area contributed by atoms with Crippen molar-refractivity contribution < 1.29 is 28.6 Å². The number of carbonyl (C=O) groups is 2. The van der Waals surface area contributed by atoms with E-state index in [4.69, 9.17) is 19.0 Å². The van der Waals surface area contributed by atoms with Crippen LogP contribution in [-0.2, 0) is 11.3 Å². The number of carboxylic acid groups (broad SMARTS) is 1. The van der Waals surface area contributed by atoms with Crippen molar-refractivity contribution in [1.82, 2.24) is 0 Å². The van der Waals surface area contributed by atoms with Crippen LogP contribution in [0.2, 0.25) is 0 Å². The predicted octanol–water partition coefficient (Wildman–Crippen LogP) is 2.73. The summed E-state index contributed by atoms with van der Waals surface area (Å²) in [5, 5.41) is 8.75. The minimum absolute atomic E-state index is 0.0690. The van der Waals surface area contributed by atoms with E-state index in [0.29, 0.717) is 23.7 Å². The Morgan fingerprint density at radius 3 is 2.71 bits per heavy atom. The van der Waals surface area contributed by atoms with Gasteiger partial charge in [-0.2, -0.15) is 0 Å². The summed E-state index contributed by atoms with van der Waals surface area (Å²) >= 11 is 0. The molecule has 1 aromatic heterocycles. The number of carbonyl (C=O) groups excluding carboxylic acids is 1. The molecule has 2 aromatic rings. The first kappa shape index (κ1) is 14.6. The van der Waals surface area contributed by atoms with Gasteiger partial charge in [-0.1, -0.05) is 6.07 Å². The molecule has 0 amide bonds. The van der Waals surface area contributed by atoms with Crippen LogP contribution in [0.1, 0.15) is 33.6 Å². The standard InChI is InChI=1S/C15H14O6/c1-2-19-15(18)10-4-3-5-11(8-10)20-9-12-6-7-13(21-12)14(16)17/h3-8H,2,9H2,1H3,(H,16,17). The number of rotatable bonds is 6. The van der Waals surface area contributed by atoms with Crippen LogP contribution in [0.15, 0.2) is 40.8 Å². The minimum Gasteiger partial charge on any atom is -0.486 e. The van der Waals surface area contributed by atoms with Crippen molar-refractivity contribution in [3.05, 3.63) is 53.5 Å². The largest absolute Gasteiger partial charge is 0.486 e. The molecule has 0 atom stereocenters. The first-order valence-electron chi connectivity index (χ1n) is 6.32. The zero-order valence-corrected chi connectivity index (χ0v) is 11.4. The lowest BCUT2D eigenvalue weighted by Crippen LogP contribution is -2.04. The Labute approximate surface area is 120 Å². The fraction of sp³-hybridized carbons (Fsp3) is 0.200. The highest BCUT2D eigenvalue weighted by Crippen LogP contribution is 2.17. The SMILES string of the molecule is CCOC(=O)c1cccc(OCc2ccc(C(=O)O)o2)c1. The Balaban J connectivity index is 2.01. The zero-order chi connectivity index (χ0) is 15.2. The number of aromatic carboxylic acids is 1. The third-order valence-corrected chi connectivity index (χ3v) is 2.60. The Morgan fingerprint density at radius 2 is 2.05 bits per heavy atom. The molecule has 6 heteroatoms. The summed E-state index contributed by atoms with van der Waals surface area (Å²) in [5.41, 5.74) is 0.389. The maximum atomic E-state index is 11.6.